The molecule has 0 saturated heterocycles. The first kappa shape index (κ1) is 48.4. The minimum atomic E-state index is -0.710. The summed E-state index contributed by atoms with van der Waals surface area (Å²) in [5, 5.41) is 36.9. The molecule has 21 heteroatoms. The van der Waals surface area contributed by atoms with Crippen LogP contribution in [-0.4, -0.2) is 94.2 Å². The number of carbonyl (C=O) groups excluding carboxylic acids is 3. The number of ketones is 1. The number of H-pyrrole nitrogens is 4. The van der Waals surface area contributed by atoms with Crippen LogP contribution < -0.4 is 15.4 Å². The minimum absolute atomic E-state index is 0.0513. The quantitative estimate of drug-likeness (QED) is 0.0603. The lowest BCUT2D eigenvalue weighted by molar-refractivity contribution is -0.124. The van der Waals surface area contributed by atoms with Gasteiger partial charge in [0.2, 0.25) is 17.8 Å². The molecule has 3 aromatic carbocycles. The number of anilines is 2. The first-order chi connectivity index (χ1) is 36.3. The Balaban J connectivity index is 0.000000136. The number of nitrogens with zero attached hydrogens (tertiary/aromatic N) is 11. The predicted molar refractivity (Wildman–Crippen MR) is 274 cm³/mol. The summed E-state index contributed by atoms with van der Waals surface area (Å²) >= 11 is 0. The number of aromatic nitrogens is 14. The van der Waals surface area contributed by atoms with Gasteiger partial charge in [-0.1, -0.05) is 72.8 Å². The molecule has 6 N–H and O–H groups in total. The van der Waals surface area contributed by atoms with Crippen LogP contribution in [0, 0.1) is 11.3 Å². The van der Waals surface area contributed by atoms with E-state index < -0.39 is 6.10 Å². The molecule has 0 radical (unpaired) electrons. The van der Waals surface area contributed by atoms with E-state index in [0.29, 0.717) is 70.2 Å². The van der Waals surface area contributed by atoms with Crippen molar-refractivity contribution < 1.29 is 19.1 Å². The second-order valence-corrected chi connectivity index (χ2v) is 16.0. The number of carbonyl (C=O) groups is 3. The van der Waals surface area contributed by atoms with Gasteiger partial charge in [-0.15, -0.1) is 10.2 Å². The van der Waals surface area contributed by atoms with Gasteiger partial charge in [-0.05, 0) is 85.6 Å². The molecule has 11 aromatic rings. The number of ether oxygens (including phenoxy) is 1. The van der Waals surface area contributed by atoms with E-state index in [9.17, 15) is 14.4 Å². The Bertz CT molecular complexity index is 3700. The van der Waals surface area contributed by atoms with Crippen LogP contribution in [0.15, 0.2) is 164 Å². The van der Waals surface area contributed by atoms with E-state index in [1.54, 1.807) is 74.0 Å². The van der Waals surface area contributed by atoms with Crippen LogP contribution in [0.25, 0.3) is 56.4 Å². The molecule has 0 spiro atoms. The lowest BCUT2D eigenvalue weighted by Gasteiger charge is -2.13. The van der Waals surface area contributed by atoms with Gasteiger partial charge in [-0.25, -0.2) is 9.97 Å². The van der Waals surface area contributed by atoms with E-state index in [4.69, 9.17) is 10.00 Å². The van der Waals surface area contributed by atoms with E-state index in [1.807, 2.05) is 103 Å². The third-order valence-electron chi connectivity index (χ3n) is 10.9. The highest BCUT2D eigenvalue weighted by Crippen LogP contribution is 2.22. The van der Waals surface area contributed by atoms with Crippen molar-refractivity contribution in [3.8, 4) is 46.4 Å². The summed E-state index contributed by atoms with van der Waals surface area (Å²) in [6.07, 6.45) is 7.28. The van der Waals surface area contributed by atoms with Crippen LogP contribution >= 0.6 is 0 Å². The van der Waals surface area contributed by atoms with E-state index in [0.717, 1.165) is 27.4 Å². The molecule has 0 aliphatic rings. The number of amides is 2. The average Bonchev–Trinajstić information content (AvgIpc) is 4.30. The molecule has 74 heavy (non-hydrogen) atoms. The second kappa shape index (κ2) is 23.3. The van der Waals surface area contributed by atoms with Gasteiger partial charge in [-0.3, -0.25) is 55.3 Å². The number of nitrogens with one attached hydrogen (secondary N) is 6. The molecule has 0 aliphatic carbocycles. The number of hydrogen-bond acceptors (Lipinski definition) is 15. The Hall–Kier alpha value is -10.6. The molecular formula is C53H43N17O4. The zero-order valence-electron chi connectivity index (χ0n) is 39.3. The Morgan fingerprint density at radius 3 is 1.99 bits per heavy atom. The average molecular weight is 982 g/mol. The lowest BCUT2D eigenvalue weighted by Crippen LogP contribution is -2.26. The Morgan fingerprint density at radius 2 is 1.28 bits per heavy atom. The molecule has 1 unspecified atom stereocenters. The van der Waals surface area contributed by atoms with Gasteiger partial charge >= 0.3 is 0 Å². The smallest absolute Gasteiger partial charge is 0.276 e. The molecule has 0 fully saturated rings. The van der Waals surface area contributed by atoms with E-state index >= 15 is 0 Å². The second-order valence-electron chi connectivity index (χ2n) is 16.0. The Labute approximate surface area is 421 Å². The molecule has 1 atom stereocenters. The normalized spacial score (nSPS) is 11.0. The van der Waals surface area contributed by atoms with Crippen molar-refractivity contribution in [2.24, 2.45) is 0 Å². The number of fused-ring (bicyclic) bond motifs is 2. The number of Topliss-reactive ketones (excluding diaryl/α,β-unsaturated/α-hetero) is 1. The van der Waals surface area contributed by atoms with Gasteiger partial charge in [-0.2, -0.15) is 20.3 Å². The van der Waals surface area contributed by atoms with Gasteiger partial charge in [0.25, 0.3) is 5.91 Å². The van der Waals surface area contributed by atoms with Crippen LogP contribution in [0.2, 0.25) is 0 Å². The van der Waals surface area contributed by atoms with E-state index in [1.165, 1.54) is 0 Å². The molecule has 8 heterocycles. The standard InChI is InChI=1S/C18H16N6O.C18H15N5O2.C17H12N6O/c25-16(9-8-12-11-20-14-6-2-1-5-13(12)14)21-18-22-17(23-24-18)15-7-3-4-10-19-15;1-12(25-16-8-3-2-6-13(16)11-19)15(24)10-17-21-18(23-22-17)14-7-4-5-9-20-14;24-16(14-9-8-11-5-1-2-6-12(11)19-14)21-17-20-15(22-23-17)13-7-3-4-10-18-13/h1-7,10-11,20H,8-9H2,(H2,21,22,23,24,25);2-9,12H,10H2,1H3,(H,21,22,23);1-10H,(H2,20,21,22,23,24). The number of rotatable bonds is 14. The first-order valence-electron chi connectivity index (χ1n) is 23.0. The van der Waals surface area contributed by atoms with Crippen molar-refractivity contribution in [3.63, 3.8) is 0 Å². The molecular weight excluding hydrogens is 939 g/mol. The molecule has 8 aromatic heterocycles. The Kier molecular flexibility index (Phi) is 15.3. The van der Waals surface area contributed by atoms with Crippen molar-refractivity contribution in [1.29, 1.82) is 5.26 Å². The number of hydrogen-bond donors (Lipinski definition) is 6. The highest BCUT2D eigenvalue weighted by Gasteiger charge is 2.20. The fourth-order valence-corrected chi connectivity index (χ4v) is 7.21. The third-order valence-corrected chi connectivity index (χ3v) is 10.9. The monoisotopic (exact) mass is 981 g/mol. The molecule has 0 bridgehead atoms. The first-order valence-corrected chi connectivity index (χ1v) is 23.0. The highest BCUT2D eigenvalue weighted by atomic mass is 16.5. The lowest BCUT2D eigenvalue weighted by atomic mass is 10.1. The predicted octanol–water partition coefficient (Wildman–Crippen LogP) is 7.90. The number of aryl methyl sites for hydroxylation is 1. The van der Waals surface area contributed by atoms with Crippen LogP contribution in [0.5, 0.6) is 5.75 Å². The number of nitriles is 1. The van der Waals surface area contributed by atoms with Gasteiger partial charge in [0.1, 0.15) is 40.4 Å². The van der Waals surface area contributed by atoms with Crippen molar-refractivity contribution in [3.05, 3.63) is 187 Å². The zero-order chi connectivity index (χ0) is 51.1. The summed E-state index contributed by atoms with van der Waals surface area (Å²) in [5.74, 6) is 2.03. The summed E-state index contributed by atoms with van der Waals surface area (Å²) in [5.41, 5.74) is 5.60. The SMILES string of the molecule is CC(Oc1ccccc1C#N)C(=O)Cc1nc(-c2ccccn2)n[nH]1.O=C(CCc1c[nH]c2ccccc12)Nc1n[nH]c(-c2ccccn2)n1.O=C(Nc1n[nH]c(-c2ccccn2)n1)c1ccc2ccccc2n1. The van der Waals surface area contributed by atoms with Crippen molar-refractivity contribution in [1.82, 2.24) is 70.5 Å². The number of benzene rings is 3. The maximum absolute atomic E-state index is 12.4. The van der Waals surface area contributed by atoms with Gasteiger partial charge < -0.3 is 9.72 Å². The van der Waals surface area contributed by atoms with Crippen molar-refractivity contribution in [2.45, 2.75) is 32.3 Å². The zero-order valence-corrected chi connectivity index (χ0v) is 39.3. The highest BCUT2D eigenvalue weighted by molar-refractivity contribution is 6.03. The minimum Gasteiger partial charge on any atom is -0.482 e. The Morgan fingerprint density at radius 1 is 0.649 bits per heavy atom. The van der Waals surface area contributed by atoms with E-state index in [2.05, 4.69) is 81.1 Å². The number of pyridine rings is 4. The number of aromatic amines is 4. The summed E-state index contributed by atoms with van der Waals surface area (Å²) in [6.45, 7) is 1.65. The molecule has 11 rings (SSSR count). The van der Waals surface area contributed by atoms with Crippen LogP contribution in [-0.2, 0) is 22.4 Å². The largest absolute Gasteiger partial charge is 0.482 e. The maximum Gasteiger partial charge on any atom is 0.276 e. The van der Waals surface area contributed by atoms with Crippen molar-refractivity contribution >= 4 is 51.3 Å². The van der Waals surface area contributed by atoms with Crippen LogP contribution in [0.1, 0.15) is 40.8 Å². The number of para-hydroxylation sites is 3. The van der Waals surface area contributed by atoms with Crippen LogP contribution in [0.3, 0.4) is 0 Å². The summed E-state index contributed by atoms with van der Waals surface area (Å²) < 4.78 is 5.62. The fourth-order valence-electron chi connectivity index (χ4n) is 7.21. The van der Waals surface area contributed by atoms with Crippen molar-refractivity contribution in [2.75, 3.05) is 10.6 Å². The fraction of sp³-hybridized carbons (Fsp3) is 0.0943. The van der Waals surface area contributed by atoms with E-state index in [-0.39, 0.29) is 35.9 Å². The van der Waals surface area contributed by atoms with Gasteiger partial charge in [0.05, 0.1) is 17.5 Å². The molecule has 2 amide bonds. The molecule has 0 saturated carbocycles. The van der Waals surface area contributed by atoms with Crippen LogP contribution in [0.4, 0.5) is 11.9 Å². The summed E-state index contributed by atoms with van der Waals surface area (Å²) in [6, 6.07) is 44.4. The molecule has 0 aliphatic heterocycles. The molecule has 21 nitrogen and oxygen atoms in total. The van der Waals surface area contributed by atoms with Gasteiger partial charge in [0.15, 0.2) is 29.4 Å². The third kappa shape index (κ3) is 12.4. The topological polar surface area (TPSA) is 300 Å². The summed E-state index contributed by atoms with van der Waals surface area (Å²) in [7, 11) is 0. The summed E-state index contributed by atoms with van der Waals surface area (Å²) in [4.78, 5) is 69.7. The maximum atomic E-state index is 12.4. The van der Waals surface area contributed by atoms with Gasteiger partial charge in [0, 0.05) is 47.5 Å². The molecule has 364 valence electrons.